The molecule has 1 aliphatic rings. The number of amides is 2. The van der Waals surface area contributed by atoms with Gasteiger partial charge in [0.15, 0.2) is 0 Å². The Balaban J connectivity index is 1.30. The molecular weight excluding hydrogens is 444 g/mol. The van der Waals surface area contributed by atoms with Crippen molar-refractivity contribution in [2.45, 2.75) is 38.8 Å². The highest BCUT2D eigenvalue weighted by Gasteiger charge is 2.30. The Bertz CT molecular complexity index is 1420. The van der Waals surface area contributed by atoms with Crippen molar-refractivity contribution >= 4 is 33.9 Å². The molecule has 0 bridgehead atoms. The quantitative estimate of drug-likeness (QED) is 0.427. The second-order valence-corrected chi connectivity index (χ2v) is 8.93. The van der Waals surface area contributed by atoms with Crippen LogP contribution in [-0.2, 0) is 11.3 Å². The molecule has 0 atom stereocenters. The number of piperidine rings is 1. The molecule has 35 heavy (non-hydrogen) atoms. The van der Waals surface area contributed by atoms with Gasteiger partial charge < -0.3 is 14.2 Å². The maximum atomic E-state index is 13.3. The number of para-hydroxylation sites is 1. The highest BCUT2D eigenvalue weighted by Crippen LogP contribution is 2.24. The summed E-state index contributed by atoms with van der Waals surface area (Å²) in [5.41, 5.74) is 1.59. The Morgan fingerprint density at radius 3 is 2.51 bits per heavy atom. The standard InChI is InChI=1S/C27H28N4O4/c1-2-14-31(20-12-15-29(16-13-20)26(33)19-8-4-3-5-9-19)23(32)17-30-18-28-24-21-10-6-7-11-22(21)35-25(24)27(30)34/h3-11,18,20H,2,12-17H2,1H3. The first kappa shape index (κ1) is 22.8. The predicted molar refractivity (Wildman–Crippen MR) is 133 cm³/mol. The maximum absolute atomic E-state index is 13.3. The van der Waals surface area contributed by atoms with E-state index in [1.807, 2.05) is 65.3 Å². The summed E-state index contributed by atoms with van der Waals surface area (Å²) in [6.45, 7) is 3.73. The second-order valence-electron chi connectivity index (χ2n) is 8.93. The average molecular weight is 473 g/mol. The lowest BCUT2D eigenvalue weighted by atomic mass is 10.0. The first-order chi connectivity index (χ1) is 17.1. The van der Waals surface area contributed by atoms with E-state index in [-0.39, 0.29) is 35.5 Å². The van der Waals surface area contributed by atoms with E-state index >= 15 is 0 Å². The highest BCUT2D eigenvalue weighted by molar-refractivity contribution is 6.01. The topological polar surface area (TPSA) is 88.7 Å². The summed E-state index contributed by atoms with van der Waals surface area (Å²) >= 11 is 0. The zero-order valence-electron chi connectivity index (χ0n) is 19.7. The van der Waals surface area contributed by atoms with Gasteiger partial charge in [-0.3, -0.25) is 19.0 Å². The molecule has 1 fully saturated rings. The van der Waals surface area contributed by atoms with Crippen molar-refractivity contribution in [3.8, 4) is 0 Å². The van der Waals surface area contributed by atoms with Crippen molar-refractivity contribution < 1.29 is 14.0 Å². The van der Waals surface area contributed by atoms with Crippen molar-refractivity contribution in [3.05, 3.63) is 76.8 Å². The lowest BCUT2D eigenvalue weighted by molar-refractivity contribution is -0.135. The number of carbonyl (C=O) groups is 2. The first-order valence-corrected chi connectivity index (χ1v) is 12.1. The molecule has 0 saturated carbocycles. The van der Waals surface area contributed by atoms with Gasteiger partial charge in [0.25, 0.3) is 11.5 Å². The van der Waals surface area contributed by atoms with E-state index in [2.05, 4.69) is 4.98 Å². The monoisotopic (exact) mass is 472 g/mol. The molecule has 8 nitrogen and oxygen atoms in total. The van der Waals surface area contributed by atoms with Gasteiger partial charge in [0.05, 0.1) is 6.33 Å². The zero-order chi connectivity index (χ0) is 24.4. The van der Waals surface area contributed by atoms with Crippen molar-refractivity contribution in [2.24, 2.45) is 0 Å². The first-order valence-electron chi connectivity index (χ1n) is 12.1. The Labute approximate surface area is 202 Å². The van der Waals surface area contributed by atoms with Crippen LogP contribution in [0.2, 0.25) is 0 Å². The summed E-state index contributed by atoms with van der Waals surface area (Å²) in [5, 5.41) is 0.780. The van der Waals surface area contributed by atoms with E-state index in [0.29, 0.717) is 49.1 Å². The van der Waals surface area contributed by atoms with E-state index in [4.69, 9.17) is 4.42 Å². The highest BCUT2D eigenvalue weighted by atomic mass is 16.3. The Morgan fingerprint density at radius 2 is 1.77 bits per heavy atom. The van der Waals surface area contributed by atoms with Crippen LogP contribution in [0.4, 0.5) is 0 Å². The van der Waals surface area contributed by atoms with Gasteiger partial charge in [0, 0.05) is 36.6 Å². The fourth-order valence-corrected chi connectivity index (χ4v) is 4.86. The molecule has 2 aromatic heterocycles. The molecule has 0 spiro atoms. The van der Waals surface area contributed by atoms with E-state index < -0.39 is 0 Å². The fourth-order valence-electron chi connectivity index (χ4n) is 4.86. The predicted octanol–water partition coefficient (Wildman–Crippen LogP) is 3.69. The van der Waals surface area contributed by atoms with E-state index in [9.17, 15) is 14.4 Å². The summed E-state index contributed by atoms with van der Waals surface area (Å²) in [7, 11) is 0. The minimum Gasteiger partial charge on any atom is -0.448 e. The molecule has 0 N–H and O–H groups in total. The van der Waals surface area contributed by atoms with Gasteiger partial charge in [0.2, 0.25) is 11.5 Å². The number of furan rings is 1. The minimum atomic E-state index is -0.362. The Morgan fingerprint density at radius 1 is 1.06 bits per heavy atom. The van der Waals surface area contributed by atoms with Crippen LogP contribution in [0.3, 0.4) is 0 Å². The zero-order valence-corrected chi connectivity index (χ0v) is 19.7. The molecule has 0 aliphatic carbocycles. The molecule has 180 valence electrons. The number of hydrogen-bond donors (Lipinski definition) is 0. The number of likely N-dealkylation sites (tertiary alicyclic amines) is 1. The van der Waals surface area contributed by atoms with Gasteiger partial charge >= 0.3 is 0 Å². The molecule has 8 heteroatoms. The van der Waals surface area contributed by atoms with Crippen molar-refractivity contribution in [1.82, 2.24) is 19.4 Å². The van der Waals surface area contributed by atoms with Crippen molar-refractivity contribution in [3.63, 3.8) is 0 Å². The van der Waals surface area contributed by atoms with Gasteiger partial charge in [-0.25, -0.2) is 4.98 Å². The second kappa shape index (κ2) is 9.74. The summed E-state index contributed by atoms with van der Waals surface area (Å²) < 4.78 is 7.07. The third kappa shape index (κ3) is 4.43. The fraction of sp³-hybridized carbons (Fsp3) is 0.333. The van der Waals surface area contributed by atoms with Gasteiger partial charge in [-0.2, -0.15) is 0 Å². The number of nitrogens with zero attached hydrogens (tertiary/aromatic N) is 4. The minimum absolute atomic E-state index is 0.0224. The van der Waals surface area contributed by atoms with Crippen molar-refractivity contribution in [2.75, 3.05) is 19.6 Å². The van der Waals surface area contributed by atoms with E-state index in [0.717, 1.165) is 11.8 Å². The lowest BCUT2D eigenvalue weighted by Gasteiger charge is -2.38. The number of fused-ring (bicyclic) bond motifs is 3. The lowest BCUT2D eigenvalue weighted by Crippen LogP contribution is -2.50. The van der Waals surface area contributed by atoms with Crippen LogP contribution in [0, 0.1) is 0 Å². The number of hydrogen-bond acceptors (Lipinski definition) is 5. The molecule has 3 heterocycles. The molecular formula is C27H28N4O4. The molecule has 1 aliphatic heterocycles. The van der Waals surface area contributed by atoms with Gasteiger partial charge in [-0.15, -0.1) is 0 Å². The third-order valence-electron chi connectivity index (χ3n) is 6.65. The van der Waals surface area contributed by atoms with Crippen LogP contribution in [0.25, 0.3) is 22.1 Å². The molecule has 1 saturated heterocycles. The summed E-state index contributed by atoms with van der Waals surface area (Å²) in [6, 6.07) is 16.7. The summed E-state index contributed by atoms with van der Waals surface area (Å²) in [6.07, 6.45) is 3.65. The van der Waals surface area contributed by atoms with E-state index in [1.165, 1.54) is 10.9 Å². The molecule has 5 rings (SSSR count). The number of aromatic nitrogens is 2. The SMILES string of the molecule is CCCN(C(=O)Cn1cnc2c(oc3ccccc32)c1=O)C1CCN(C(=O)c2ccccc2)CC1. The van der Waals surface area contributed by atoms with Gasteiger partial charge in [-0.1, -0.05) is 37.3 Å². The third-order valence-corrected chi connectivity index (χ3v) is 6.65. The maximum Gasteiger partial charge on any atom is 0.297 e. The van der Waals surface area contributed by atoms with E-state index in [1.54, 1.807) is 6.07 Å². The summed E-state index contributed by atoms with van der Waals surface area (Å²) in [4.78, 5) is 47.3. The number of benzene rings is 2. The summed E-state index contributed by atoms with van der Waals surface area (Å²) in [5.74, 6) is -0.103. The molecule has 2 aromatic carbocycles. The molecule has 2 amide bonds. The molecule has 4 aromatic rings. The Kier molecular flexibility index (Phi) is 6.35. The molecule has 0 unspecified atom stereocenters. The Hall–Kier alpha value is -3.94. The van der Waals surface area contributed by atoms with Gasteiger partial charge in [-0.05, 0) is 43.5 Å². The van der Waals surface area contributed by atoms with Crippen LogP contribution >= 0.6 is 0 Å². The smallest absolute Gasteiger partial charge is 0.297 e. The largest absolute Gasteiger partial charge is 0.448 e. The van der Waals surface area contributed by atoms with Crippen LogP contribution in [0.1, 0.15) is 36.5 Å². The van der Waals surface area contributed by atoms with Crippen LogP contribution in [-0.4, -0.2) is 56.8 Å². The number of carbonyl (C=O) groups excluding carboxylic acids is 2. The van der Waals surface area contributed by atoms with Gasteiger partial charge in [0.1, 0.15) is 17.6 Å². The normalized spacial score (nSPS) is 14.5. The average Bonchev–Trinajstić information content (AvgIpc) is 3.28. The molecule has 0 radical (unpaired) electrons. The van der Waals surface area contributed by atoms with Crippen LogP contribution in [0.15, 0.2) is 70.1 Å². The number of rotatable bonds is 6. The van der Waals surface area contributed by atoms with Crippen molar-refractivity contribution in [1.29, 1.82) is 0 Å². The van der Waals surface area contributed by atoms with Crippen LogP contribution < -0.4 is 5.56 Å². The van der Waals surface area contributed by atoms with Crippen LogP contribution in [0.5, 0.6) is 0 Å².